The highest BCUT2D eigenvalue weighted by molar-refractivity contribution is 7.22. The molecule has 0 aromatic carbocycles. The van der Waals surface area contributed by atoms with E-state index in [1.807, 2.05) is 0 Å². The zero-order chi connectivity index (χ0) is 16.7. The number of nitrogens with zero attached hydrogens (tertiary/aromatic N) is 4. The maximum absolute atomic E-state index is 13.0. The number of anilines is 2. The molecule has 3 heterocycles. The molecule has 2 aromatic rings. The molecule has 4 rings (SSSR count). The summed E-state index contributed by atoms with van der Waals surface area (Å²) in [4.78, 5) is 22.9. The van der Waals surface area contributed by atoms with Gasteiger partial charge in [0, 0.05) is 19.3 Å². The highest BCUT2D eigenvalue weighted by atomic mass is 32.1. The van der Waals surface area contributed by atoms with Crippen LogP contribution in [0.3, 0.4) is 0 Å². The van der Waals surface area contributed by atoms with Gasteiger partial charge in [-0.3, -0.25) is 4.79 Å². The van der Waals surface area contributed by atoms with E-state index in [4.69, 9.17) is 5.26 Å². The topological polar surface area (TPSA) is 81.9 Å². The second-order valence-corrected chi connectivity index (χ2v) is 7.24. The smallest absolute Gasteiger partial charge is 0.231 e. The molecule has 1 saturated heterocycles. The van der Waals surface area contributed by atoms with Crippen LogP contribution >= 0.6 is 11.3 Å². The normalized spacial score (nSPS) is 26.2. The zero-order valence-electron chi connectivity index (χ0n) is 12.9. The molecule has 2 fully saturated rings. The van der Waals surface area contributed by atoms with Crippen LogP contribution in [0.2, 0.25) is 0 Å². The number of hydrogen-bond donors (Lipinski definition) is 1. The third kappa shape index (κ3) is 2.80. The first-order valence-corrected chi connectivity index (χ1v) is 8.82. The summed E-state index contributed by atoms with van der Waals surface area (Å²) in [7, 11) is 0. The van der Waals surface area contributed by atoms with E-state index in [9.17, 15) is 9.18 Å². The number of thiazole rings is 1. The Morgan fingerprint density at radius 2 is 2.38 bits per heavy atom. The average Bonchev–Trinajstić information content (AvgIpc) is 3.17. The van der Waals surface area contributed by atoms with Gasteiger partial charge >= 0.3 is 0 Å². The first-order valence-electron chi connectivity index (χ1n) is 8.00. The van der Waals surface area contributed by atoms with Gasteiger partial charge in [-0.1, -0.05) is 11.3 Å². The van der Waals surface area contributed by atoms with Crippen molar-refractivity contribution in [2.45, 2.75) is 25.4 Å². The van der Waals surface area contributed by atoms with Crippen molar-refractivity contribution in [3.05, 3.63) is 12.3 Å². The number of aromatic nitrogens is 2. The molecule has 0 radical (unpaired) electrons. The van der Waals surface area contributed by atoms with Crippen molar-refractivity contribution in [2.75, 3.05) is 23.3 Å². The van der Waals surface area contributed by atoms with Crippen molar-refractivity contribution in [1.29, 1.82) is 5.26 Å². The van der Waals surface area contributed by atoms with Crippen molar-refractivity contribution in [2.24, 2.45) is 11.8 Å². The van der Waals surface area contributed by atoms with Gasteiger partial charge in [0.2, 0.25) is 5.91 Å². The number of pyridine rings is 1. The SMILES string of the molecule is N#C[C@H]1CCCN(c2nc3ccnc(NC(=O)[C@@H]4C[C@@H]4F)c3s2)C1. The fourth-order valence-corrected chi connectivity index (χ4v) is 4.01. The Morgan fingerprint density at radius 1 is 1.54 bits per heavy atom. The lowest BCUT2D eigenvalue weighted by Crippen LogP contribution is -2.34. The first kappa shape index (κ1) is 15.3. The number of fused-ring (bicyclic) bond motifs is 1. The van der Waals surface area contributed by atoms with Crippen LogP contribution in [-0.4, -0.2) is 35.1 Å². The van der Waals surface area contributed by atoms with E-state index in [2.05, 4.69) is 26.3 Å². The molecule has 0 unspecified atom stereocenters. The number of carbonyl (C=O) groups excluding carboxylic acids is 1. The zero-order valence-corrected chi connectivity index (χ0v) is 13.7. The Bertz CT molecular complexity index is 831. The van der Waals surface area contributed by atoms with Gasteiger partial charge in [0.15, 0.2) is 10.9 Å². The van der Waals surface area contributed by atoms with Gasteiger partial charge in [-0.2, -0.15) is 5.26 Å². The number of amides is 1. The lowest BCUT2D eigenvalue weighted by atomic mass is 10.0. The van der Waals surface area contributed by atoms with Crippen molar-refractivity contribution < 1.29 is 9.18 Å². The monoisotopic (exact) mass is 345 g/mol. The van der Waals surface area contributed by atoms with Crippen molar-refractivity contribution in [3.63, 3.8) is 0 Å². The summed E-state index contributed by atoms with van der Waals surface area (Å²) in [6, 6.07) is 4.13. The number of nitrogens with one attached hydrogen (secondary N) is 1. The average molecular weight is 345 g/mol. The highest BCUT2D eigenvalue weighted by Crippen LogP contribution is 2.37. The molecular weight excluding hydrogens is 329 g/mol. The van der Waals surface area contributed by atoms with Crippen LogP contribution in [0.25, 0.3) is 10.2 Å². The molecule has 1 N–H and O–H groups in total. The number of halogens is 1. The number of alkyl halides is 1. The molecule has 124 valence electrons. The van der Waals surface area contributed by atoms with Gasteiger partial charge in [-0.25, -0.2) is 14.4 Å². The molecule has 1 amide bonds. The Morgan fingerprint density at radius 3 is 3.12 bits per heavy atom. The van der Waals surface area contributed by atoms with E-state index in [0.717, 1.165) is 34.7 Å². The van der Waals surface area contributed by atoms with Crippen molar-refractivity contribution in [3.8, 4) is 6.07 Å². The Hall–Kier alpha value is -2.27. The quantitative estimate of drug-likeness (QED) is 0.925. The maximum atomic E-state index is 13.0. The fourth-order valence-electron chi connectivity index (χ4n) is 2.97. The highest BCUT2D eigenvalue weighted by Gasteiger charge is 2.43. The Labute approximate surface area is 142 Å². The Kier molecular flexibility index (Phi) is 3.81. The summed E-state index contributed by atoms with van der Waals surface area (Å²) >= 11 is 1.45. The van der Waals surface area contributed by atoms with Crippen LogP contribution in [0.5, 0.6) is 0 Å². The van der Waals surface area contributed by atoms with Gasteiger partial charge in [0.1, 0.15) is 6.17 Å². The fraction of sp³-hybridized carbons (Fsp3) is 0.500. The van der Waals surface area contributed by atoms with Crippen molar-refractivity contribution >= 4 is 38.4 Å². The van der Waals surface area contributed by atoms with Crippen LogP contribution in [0.4, 0.5) is 15.3 Å². The summed E-state index contributed by atoms with van der Waals surface area (Å²) in [5.41, 5.74) is 0.756. The number of hydrogen-bond acceptors (Lipinski definition) is 6. The summed E-state index contributed by atoms with van der Waals surface area (Å²) in [6.45, 7) is 1.55. The molecule has 6 nitrogen and oxygen atoms in total. The van der Waals surface area contributed by atoms with Crippen LogP contribution in [-0.2, 0) is 4.79 Å². The first-order chi connectivity index (χ1) is 11.7. The van der Waals surface area contributed by atoms with E-state index in [1.54, 1.807) is 12.3 Å². The summed E-state index contributed by atoms with van der Waals surface area (Å²) in [5, 5.41) is 12.7. The molecule has 8 heteroatoms. The molecule has 0 spiro atoms. The van der Waals surface area contributed by atoms with E-state index in [0.29, 0.717) is 18.8 Å². The predicted molar refractivity (Wildman–Crippen MR) is 89.6 cm³/mol. The molecule has 1 aliphatic heterocycles. The van der Waals surface area contributed by atoms with Crippen LogP contribution in [0, 0.1) is 23.2 Å². The number of nitriles is 1. The van der Waals surface area contributed by atoms with Crippen LogP contribution in [0.1, 0.15) is 19.3 Å². The standard InChI is InChI=1S/C16H16FN5OS/c17-11-6-10(11)15(23)21-14-13-12(3-4-19-14)20-16(24-13)22-5-1-2-9(7-18)8-22/h3-4,9-11H,1-2,5-6,8H2,(H,19,21,23)/t9-,10-,11+/m1/s1. The predicted octanol–water partition coefficient (Wildman–Crippen LogP) is 2.73. The summed E-state index contributed by atoms with van der Waals surface area (Å²) in [6.07, 6.45) is 2.74. The molecular formula is C16H16FN5OS. The van der Waals surface area contributed by atoms with Gasteiger partial charge in [-0.05, 0) is 25.3 Å². The van der Waals surface area contributed by atoms with E-state index in [-0.39, 0.29) is 11.8 Å². The minimum absolute atomic E-state index is 0.0272. The third-order valence-electron chi connectivity index (χ3n) is 4.46. The minimum atomic E-state index is -1.03. The Balaban J connectivity index is 1.60. The van der Waals surface area contributed by atoms with Crippen molar-refractivity contribution in [1.82, 2.24) is 9.97 Å². The van der Waals surface area contributed by atoms with Gasteiger partial charge in [0.05, 0.1) is 28.1 Å². The van der Waals surface area contributed by atoms with E-state index >= 15 is 0 Å². The largest absolute Gasteiger partial charge is 0.347 e. The number of rotatable bonds is 3. The maximum Gasteiger partial charge on any atom is 0.231 e. The second kappa shape index (κ2) is 5.98. The molecule has 2 aromatic heterocycles. The van der Waals surface area contributed by atoms with Crippen LogP contribution < -0.4 is 10.2 Å². The lowest BCUT2D eigenvalue weighted by molar-refractivity contribution is -0.117. The number of piperidine rings is 1. The minimum Gasteiger partial charge on any atom is -0.347 e. The molecule has 0 bridgehead atoms. The molecule has 2 aliphatic rings. The third-order valence-corrected chi connectivity index (χ3v) is 5.60. The molecule has 1 saturated carbocycles. The van der Waals surface area contributed by atoms with Crippen LogP contribution in [0.15, 0.2) is 12.3 Å². The second-order valence-electron chi connectivity index (χ2n) is 6.27. The van der Waals surface area contributed by atoms with E-state index in [1.165, 1.54) is 11.3 Å². The lowest BCUT2D eigenvalue weighted by Gasteiger charge is -2.28. The van der Waals surface area contributed by atoms with Gasteiger partial charge in [-0.15, -0.1) is 0 Å². The number of carbonyl (C=O) groups is 1. The summed E-state index contributed by atoms with van der Waals surface area (Å²) in [5.74, 6) is -0.401. The van der Waals surface area contributed by atoms with Gasteiger partial charge in [0.25, 0.3) is 0 Å². The van der Waals surface area contributed by atoms with Gasteiger partial charge < -0.3 is 10.2 Å². The summed E-state index contributed by atoms with van der Waals surface area (Å²) < 4.78 is 13.8. The molecule has 24 heavy (non-hydrogen) atoms. The molecule has 1 aliphatic carbocycles. The van der Waals surface area contributed by atoms with E-state index < -0.39 is 12.1 Å². The molecule has 3 atom stereocenters.